The molecular weight excluding hydrogens is 231 g/mol. The Bertz CT molecular complexity index is 370. The minimum absolute atomic E-state index is 0.0346. The number of ketones is 1. The van der Waals surface area contributed by atoms with E-state index in [1.165, 1.54) is 12.1 Å². The molecule has 0 atom stereocenters. The van der Waals surface area contributed by atoms with Gasteiger partial charge in [0, 0.05) is 12.8 Å². The van der Waals surface area contributed by atoms with E-state index in [0.717, 1.165) is 17.7 Å². The van der Waals surface area contributed by atoms with Gasteiger partial charge in [-0.2, -0.15) is 13.2 Å². The number of hydrogen-bond donors (Lipinski definition) is 1. The molecule has 5 heteroatoms. The van der Waals surface area contributed by atoms with Crippen molar-refractivity contribution in [3.05, 3.63) is 35.4 Å². The third-order valence-electron chi connectivity index (χ3n) is 2.40. The first-order chi connectivity index (χ1) is 7.93. The quantitative estimate of drug-likeness (QED) is 0.866. The zero-order valence-electron chi connectivity index (χ0n) is 9.26. The fraction of sp³-hybridized carbons (Fsp3) is 0.417. The van der Waals surface area contributed by atoms with Crippen LogP contribution in [-0.4, -0.2) is 12.3 Å². The molecule has 0 amide bonds. The first-order valence-corrected chi connectivity index (χ1v) is 5.31. The third-order valence-corrected chi connectivity index (χ3v) is 2.40. The van der Waals surface area contributed by atoms with Crippen LogP contribution in [0.3, 0.4) is 0 Å². The lowest BCUT2D eigenvalue weighted by atomic mass is 10.0. The second kappa shape index (κ2) is 5.82. The lowest BCUT2D eigenvalue weighted by Gasteiger charge is -2.07. The lowest BCUT2D eigenvalue weighted by molar-refractivity contribution is -0.137. The van der Waals surface area contributed by atoms with Gasteiger partial charge in [0.25, 0.3) is 0 Å². The highest BCUT2D eigenvalue weighted by molar-refractivity contribution is 5.78. The second-order valence-corrected chi connectivity index (χ2v) is 3.77. The predicted molar refractivity (Wildman–Crippen MR) is 58.4 cm³/mol. The summed E-state index contributed by atoms with van der Waals surface area (Å²) in [4.78, 5) is 11.2. The number of alkyl halides is 3. The van der Waals surface area contributed by atoms with E-state index in [1.807, 2.05) is 0 Å². The standard InChI is InChI=1S/C12H14F3NO/c13-12(14,15)10-4-1-9(2-5-10)3-6-11(17)7-8-16/h1-2,4-5H,3,6-8,16H2. The molecule has 1 aromatic carbocycles. The molecule has 1 rings (SSSR count). The number of Topliss-reactive ketones (excluding diaryl/α,β-unsaturated/α-hetero) is 1. The Labute approximate surface area is 97.6 Å². The molecule has 0 aliphatic carbocycles. The van der Waals surface area contributed by atoms with Crippen LogP contribution < -0.4 is 5.73 Å². The summed E-state index contributed by atoms with van der Waals surface area (Å²) in [5.74, 6) is 0.0346. The SMILES string of the molecule is NCCC(=O)CCc1ccc(C(F)(F)F)cc1. The van der Waals surface area contributed by atoms with Crippen molar-refractivity contribution in [1.82, 2.24) is 0 Å². The van der Waals surface area contributed by atoms with E-state index < -0.39 is 11.7 Å². The molecule has 0 saturated carbocycles. The van der Waals surface area contributed by atoms with Crippen molar-refractivity contribution in [3.63, 3.8) is 0 Å². The van der Waals surface area contributed by atoms with Crippen LogP contribution in [0.1, 0.15) is 24.0 Å². The molecule has 0 spiro atoms. The van der Waals surface area contributed by atoms with Crippen molar-refractivity contribution in [2.45, 2.75) is 25.4 Å². The number of benzene rings is 1. The Balaban J connectivity index is 2.54. The number of aryl methyl sites for hydroxylation is 1. The molecule has 1 aromatic rings. The van der Waals surface area contributed by atoms with E-state index in [2.05, 4.69) is 0 Å². The molecule has 0 unspecified atom stereocenters. The molecule has 0 aromatic heterocycles. The molecule has 0 saturated heterocycles. The summed E-state index contributed by atoms with van der Waals surface area (Å²) >= 11 is 0. The zero-order valence-corrected chi connectivity index (χ0v) is 9.26. The highest BCUT2D eigenvalue weighted by Gasteiger charge is 2.29. The molecule has 17 heavy (non-hydrogen) atoms. The van der Waals surface area contributed by atoms with Crippen LogP contribution in [0.4, 0.5) is 13.2 Å². The topological polar surface area (TPSA) is 43.1 Å². The third kappa shape index (κ3) is 4.56. The van der Waals surface area contributed by atoms with Gasteiger partial charge in [-0.1, -0.05) is 12.1 Å². The van der Waals surface area contributed by atoms with Gasteiger partial charge in [-0.05, 0) is 30.7 Å². The number of carbonyl (C=O) groups excluding carboxylic acids is 1. The molecular formula is C12H14F3NO. The molecule has 94 valence electrons. The Kier molecular flexibility index (Phi) is 4.69. The van der Waals surface area contributed by atoms with Gasteiger partial charge >= 0.3 is 6.18 Å². The first-order valence-electron chi connectivity index (χ1n) is 5.31. The molecule has 0 heterocycles. The smallest absolute Gasteiger partial charge is 0.330 e. The zero-order chi connectivity index (χ0) is 12.9. The monoisotopic (exact) mass is 245 g/mol. The Morgan fingerprint density at radius 2 is 1.71 bits per heavy atom. The highest BCUT2D eigenvalue weighted by atomic mass is 19.4. The summed E-state index contributed by atoms with van der Waals surface area (Å²) in [7, 11) is 0. The molecule has 2 N–H and O–H groups in total. The normalized spacial score (nSPS) is 11.5. The average molecular weight is 245 g/mol. The largest absolute Gasteiger partial charge is 0.416 e. The fourth-order valence-corrected chi connectivity index (χ4v) is 1.43. The Hall–Kier alpha value is -1.36. The Morgan fingerprint density at radius 3 is 2.18 bits per heavy atom. The van der Waals surface area contributed by atoms with Crippen LogP contribution in [0.25, 0.3) is 0 Å². The van der Waals surface area contributed by atoms with Crippen molar-refractivity contribution >= 4 is 5.78 Å². The van der Waals surface area contributed by atoms with E-state index >= 15 is 0 Å². The van der Waals surface area contributed by atoms with Crippen LogP contribution in [0, 0.1) is 0 Å². The maximum Gasteiger partial charge on any atom is 0.416 e. The van der Waals surface area contributed by atoms with Crippen molar-refractivity contribution in [3.8, 4) is 0 Å². The Morgan fingerprint density at radius 1 is 1.12 bits per heavy atom. The number of hydrogen-bond acceptors (Lipinski definition) is 2. The second-order valence-electron chi connectivity index (χ2n) is 3.77. The van der Waals surface area contributed by atoms with Gasteiger partial charge in [0.15, 0.2) is 0 Å². The van der Waals surface area contributed by atoms with E-state index in [1.54, 1.807) is 0 Å². The summed E-state index contributed by atoms with van der Waals surface area (Å²) in [5, 5.41) is 0. The summed E-state index contributed by atoms with van der Waals surface area (Å²) in [6.07, 6.45) is -3.21. The van der Waals surface area contributed by atoms with E-state index in [-0.39, 0.29) is 5.78 Å². The van der Waals surface area contributed by atoms with Crippen LogP contribution in [0.5, 0.6) is 0 Å². The van der Waals surface area contributed by atoms with E-state index in [4.69, 9.17) is 5.73 Å². The van der Waals surface area contributed by atoms with E-state index in [9.17, 15) is 18.0 Å². The van der Waals surface area contributed by atoms with Crippen molar-refractivity contribution in [2.75, 3.05) is 6.54 Å². The maximum absolute atomic E-state index is 12.3. The summed E-state index contributed by atoms with van der Waals surface area (Å²) in [6.45, 7) is 0.311. The first kappa shape index (κ1) is 13.7. The van der Waals surface area contributed by atoms with Crippen molar-refractivity contribution in [1.29, 1.82) is 0 Å². The summed E-state index contributed by atoms with van der Waals surface area (Å²) < 4.78 is 36.8. The van der Waals surface area contributed by atoms with Gasteiger partial charge in [0.05, 0.1) is 5.56 Å². The molecule has 0 aliphatic heterocycles. The highest BCUT2D eigenvalue weighted by Crippen LogP contribution is 2.29. The van der Waals surface area contributed by atoms with E-state index in [0.29, 0.717) is 25.8 Å². The van der Waals surface area contributed by atoms with Gasteiger partial charge < -0.3 is 5.73 Å². The molecule has 0 radical (unpaired) electrons. The summed E-state index contributed by atoms with van der Waals surface area (Å²) in [5.41, 5.74) is 5.27. The number of rotatable bonds is 5. The van der Waals surface area contributed by atoms with Gasteiger partial charge in [-0.15, -0.1) is 0 Å². The predicted octanol–water partition coefficient (Wildman–Crippen LogP) is 2.56. The summed E-state index contributed by atoms with van der Waals surface area (Å²) in [6, 6.07) is 4.86. The van der Waals surface area contributed by atoms with Crippen LogP contribution in [-0.2, 0) is 17.4 Å². The average Bonchev–Trinajstić information content (AvgIpc) is 2.26. The van der Waals surface area contributed by atoms with Gasteiger partial charge in [0.1, 0.15) is 5.78 Å². The number of nitrogens with two attached hydrogens (primary N) is 1. The van der Waals surface area contributed by atoms with Crippen molar-refractivity contribution < 1.29 is 18.0 Å². The lowest BCUT2D eigenvalue weighted by Crippen LogP contribution is -2.08. The van der Waals surface area contributed by atoms with Gasteiger partial charge in [-0.25, -0.2) is 0 Å². The van der Waals surface area contributed by atoms with Gasteiger partial charge in [-0.3, -0.25) is 4.79 Å². The number of carbonyl (C=O) groups is 1. The van der Waals surface area contributed by atoms with Crippen LogP contribution in [0.15, 0.2) is 24.3 Å². The minimum Gasteiger partial charge on any atom is -0.330 e. The van der Waals surface area contributed by atoms with Gasteiger partial charge in [0.2, 0.25) is 0 Å². The minimum atomic E-state index is -4.31. The molecule has 2 nitrogen and oxygen atoms in total. The maximum atomic E-state index is 12.3. The molecule has 0 aliphatic rings. The molecule has 0 bridgehead atoms. The van der Waals surface area contributed by atoms with Crippen LogP contribution in [0.2, 0.25) is 0 Å². The number of halogens is 3. The van der Waals surface area contributed by atoms with Crippen molar-refractivity contribution in [2.24, 2.45) is 5.73 Å². The molecule has 0 fully saturated rings. The fourth-order valence-electron chi connectivity index (χ4n) is 1.43. The van der Waals surface area contributed by atoms with Crippen LogP contribution >= 0.6 is 0 Å².